The Bertz CT molecular complexity index is 428. The van der Waals surface area contributed by atoms with Crippen LogP contribution in [-0.4, -0.2) is 17.6 Å². The number of H-pyrrole nitrogens is 1. The number of hydrogen-bond acceptors (Lipinski definition) is 3. The Morgan fingerprint density at radius 1 is 1.50 bits per heavy atom. The third-order valence-corrected chi connectivity index (χ3v) is 1.81. The summed E-state index contributed by atoms with van der Waals surface area (Å²) in [4.78, 5) is 24.4. The van der Waals surface area contributed by atoms with Gasteiger partial charge >= 0.3 is 5.97 Å². The number of carbonyl (C=O) groups is 1. The average molecular weight is 231 g/mol. The lowest BCUT2D eigenvalue weighted by molar-refractivity contribution is -0.142. The van der Waals surface area contributed by atoms with E-state index in [9.17, 15) is 18.4 Å². The van der Waals surface area contributed by atoms with Crippen LogP contribution in [0.3, 0.4) is 0 Å². The Kier molecular flexibility index (Phi) is 4.16. The zero-order chi connectivity index (χ0) is 12.1. The van der Waals surface area contributed by atoms with E-state index in [4.69, 9.17) is 0 Å². The molecular weight excluding hydrogens is 220 g/mol. The molecule has 0 atom stereocenters. The lowest BCUT2D eigenvalue weighted by Crippen LogP contribution is -2.14. The van der Waals surface area contributed by atoms with Crippen molar-refractivity contribution in [2.75, 3.05) is 6.61 Å². The van der Waals surface area contributed by atoms with Gasteiger partial charge in [-0.3, -0.25) is 9.59 Å². The molecule has 1 rings (SSSR count). The molecule has 0 fully saturated rings. The summed E-state index contributed by atoms with van der Waals surface area (Å²) in [7, 11) is 0. The molecule has 0 saturated heterocycles. The van der Waals surface area contributed by atoms with Gasteiger partial charge in [0.15, 0.2) is 0 Å². The van der Waals surface area contributed by atoms with Gasteiger partial charge in [-0.2, -0.15) is 0 Å². The largest absolute Gasteiger partial charge is 0.466 e. The van der Waals surface area contributed by atoms with Crippen LogP contribution in [0.15, 0.2) is 16.9 Å². The van der Waals surface area contributed by atoms with E-state index in [0.29, 0.717) is 0 Å². The Balaban J connectivity index is 2.88. The zero-order valence-corrected chi connectivity index (χ0v) is 8.63. The van der Waals surface area contributed by atoms with Crippen molar-refractivity contribution >= 4 is 5.97 Å². The van der Waals surface area contributed by atoms with E-state index < -0.39 is 23.5 Å². The molecule has 4 nitrogen and oxygen atoms in total. The Morgan fingerprint density at radius 3 is 2.75 bits per heavy atom. The van der Waals surface area contributed by atoms with Crippen molar-refractivity contribution in [2.45, 2.75) is 19.8 Å². The highest BCUT2D eigenvalue weighted by Crippen LogP contribution is 2.17. The first kappa shape index (κ1) is 12.4. The number of nitrogens with one attached hydrogen (secondary N) is 1. The molecule has 6 heteroatoms. The molecule has 0 aromatic carbocycles. The fraction of sp³-hybridized carbons (Fsp3) is 0.400. The molecule has 1 heterocycles. The van der Waals surface area contributed by atoms with Crippen LogP contribution >= 0.6 is 0 Å². The van der Waals surface area contributed by atoms with Crippen molar-refractivity contribution in [1.29, 1.82) is 0 Å². The lowest BCUT2D eigenvalue weighted by atomic mass is 10.2. The van der Waals surface area contributed by atoms with Crippen LogP contribution < -0.4 is 5.56 Å². The first-order chi connectivity index (χ1) is 7.52. The van der Waals surface area contributed by atoms with Gasteiger partial charge in [-0.25, -0.2) is 8.78 Å². The number of ether oxygens (including phenoxy) is 1. The second kappa shape index (κ2) is 5.39. The monoisotopic (exact) mass is 231 g/mol. The topological polar surface area (TPSA) is 59.2 Å². The molecule has 1 aromatic heterocycles. The number of hydrogen-bond donors (Lipinski definition) is 1. The van der Waals surface area contributed by atoms with Crippen LogP contribution in [0.5, 0.6) is 0 Å². The van der Waals surface area contributed by atoms with Gasteiger partial charge in [0, 0.05) is 17.3 Å². The lowest BCUT2D eigenvalue weighted by Gasteiger charge is -2.04. The third kappa shape index (κ3) is 3.45. The van der Waals surface area contributed by atoms with E-state index in [2.05, 4.69) is 9.72 Å². The van der Waals surface area contributed by atoms with E-state index in [1.54, 1.807) is 6.92 Å². The molecule has 0 aliphatic carbocycles. The number of carbonyl (C=O) groups excluding carboxylic acids is 1. The molecule has 88 valence electrons. The van der Waals surface area contributed by atoms with Gasteiger partial charge in [0.1, 0.15) is 0 Å². The minimum Gasteiger partial charge on any atom is -0.466 e. The Morgan fingerprint density at radius 2 is 2.19 bits per heavy atom. The van der Waals surface area contributed by atoms with Gasteiger partial charge in [-0.15, -0.1) is 0 Å². The molecule has 0 spiro atoms. The molecule has 16 heavy (non-hydrogen) atoms. The second-order valence-corrected chi connectivity index (χ2v) is 3.09. The standard InChI is InChI=1S/C10H11F2NO3/c1-2-16-9(15)5-7-3-6(10(11)12)4-8(14)13-7/h3-4,10H,2,5H2,1H3,(H,13,14). The SMILES string of the molecule is CCOC(=O)Cc1cc(C(F)F)cc(=O)[nH]1. The van der Waals surface area contributed by atoms with E-state index in [1.807, 2.05) is 0 Å². The molecule has 0 aliphatic heterocycles. The first-order valence-electron chi connectivity index (χ1n) is 4.70. The Hall–Kier alpha value is -1.72. The van der Waals surface area contributed by atoms with Crippen molar-refractivity contribution in [1.82, 2.24) is 4.98 Å². The van der Waals surface area contributed by atoms with Crippen LogP contribution in [0.1, 0.15) is 24.6 Å². The maximum absolute atomic E-state index is 12.3. The summed E-state index contributed by atoms with van der Waals surface area (Å²) < 4.78 is 29.3. The van der Waals surface area contributed by atoms with E-state index in [0.717, 1.165) is 12.1 Å². The summed E-state index contributed by atoms with van der Waals surface area (Å²) in [6.45, 7) is 1.84. The number of aromatic amines is 1. The summed E-state index contributed by atoms with van der Waals surface area (Å²) in [6.07, 6.45) is -2.95. The molecule has 0 unspecified atom stereocenters. The van der Waals surface area contributed by atoms with Crippen LogP contribution in [0.2, 0.25) is 0 Å². The maximum Gasteiger partial charge on any atom is 0.311 e. The molecule has 0 saturated carbocycles. The van der Waals surface area contributed by atoms with Gasteiger partial charge in [0.2, 0.25) is 5.56 Å². The van der Waals surface area contributed by atoms with Crippen LogP contribution in [-0.2, 0) is 16.0 Å². The zero-order valence-electron chi connectivity index (χ0n) is 8.63. The number of rotatable bonds is 4. The fourth-order valence-electron chi connectivity index (χ4n) is 1.21. The highest BCUT2D eigenvalue weighted by atomic mass is 19.3. The summed E-state index contributed by atoms with van der Waals surface area (Å²) in [5, 5.41) is 0. The molecule has 1 N–H and O–H groups in total. The van der Waals surface area contributed by atoms with E-state index in [-0.39, 0.29) is 18.7 Å². The van der Waals surface area contributed by atoms with Gasteiger partial charge in [0.05, 0.1) is 13.0 Å². The highest BCUT2D eigenvalue weighted by molar-refractivity contribution is 5.71. The van der Waals surface area contributed by atoms with E-state index in [1.165, 1.54) is 0 Å². The first-order valence-corrected chi connectivity index (χ1v) is 4.70. The van der Waals surface area contributed by atoms with Crippen LogP contribution in [0, 0.1) is 0 Å². The molecule has 0 amide bonds. The van der Waals surface area contributed by atoms with Crippen molar-refractivity contribution in [3.63, 3.8) is 0 Å². The summed E-state index contributed by atoms with van der Waals surface area (Å²) in [5.41, 5.74) is -0.929. The summed E-state index contributed by atoms with van der Waals surface area (Å²) in [6, 6.07) is 1.89. The normalized spacial score (nSPS) is 10.5. The summed E-state index contributed by atoms with van der Waals surface area (Å²) >= 11 is 0. The van der Waals surface area contributed by atoms with Gasteiger partial charge in [-0.1, -0.05) is 0 Å². The van der Waals surface area contributed by atoms with Crippen molar-refractivity contribution in [2.24, 2.45) is 0 Å². The summed E-state index contributed by atoms with van der Waals surface area (Å²) in [5.74, 6) is -0.565. The quantitative estimate of drug-likeness (QED) is 0.797. The number of aromatic nitrogens is 1. The van der Waals surface area contributed by atoms with Gasteiger partial charge < -0.3 is 9.72 Å². The number of pyridine rings is 1. The number of esters is 1. The number of alkyl halides is 2. The molecule has 0 aliphatic rings. The van der Waals surface area contributed by atoms with E-state index >= 15 is 0 Å². The Labute approximate surface area is 90.2 Å². The van der Waals surface area contributed by atoms with Crippen LogP contribution in [0.25, 0.3) is 0 Å². The predicted molar refractivity (Wildman–Crippen MR) is 52.4 cm³/mol. The van der Waals surface area contributed by atoms with Gasteiger partial charge in [-0.05, 0) is 13.0 Å². The fourth-order valence-corrected chi connectivity index (χ4v) is 1.21. The highest BCUT2D eigenvalue weighted by Gasteiger charge is 2.11. The third-order valence-electron chi connectivity index (χ3n) is 1.81. The predicted octanol–water partition coefficient (Wildman–Crippen LogP) is 1.42. The minimum atomic E-state index is -2.73. The van der Waals surface area contributed by atoms with Crippen LogP contribution in [0.4, 0.5) is 8.78 Å². The van der Waals surface area contributed by atoms with Crippen molar-refractivity contribution < 1.29 is 18.3 Å². The molecule has 0 radical (unpaired) electrons. The smallest absolute Gasteiger partial charge is 0.311 e. The second-order valence-electron chi connectivity index (χ2n) is 3.09. The minimum absolute atomic E-state index is 0.126. The average Bonchev–Trinajstić information content (AvgIpc) is 2.16. The maximum atomic E-state index is 12.3. The molecule has 1 aromatic rings. The molecular formula is C10H11F2NO3. The van der Waals surface area contributed by atoms with Gasteiger partial charge in [0.25, 0.3) is 6.43 Å². The number of halogens is 2. The van der Waals surface area contributed by atoms with Crippen molar-refractivity contribution in [3.05, 3.63) is 33.7 Å². The van der Waals surface area contributed by atoms with Crippen molar-refractivity contribution in [3.8, 4) is 0 Å². The molecule has 0 bridgehead atoms.